The summed E-state index contributed by atoms with van der Waals surface area (Å²) in [7, 11) is 0. The summed E-state index contributed by atoms with van der Waals surface area (Å²) in [5, 5.41) is 2.81. The van der Waals surface area contributed by atoms with Crippen LogP contribution in [0, 0.1) is 5.82 Å². The Bertz CT molecular complexity index is 661. The summed E-state index contributed by atoms with van der Waals surface area (Å²) in [6.07, 6.45) is 2.39. The van der Waals surface area contributed by atoms with Gasteiger partial charge in [-0.25, -0.2) is 4.39 Å². The van der Waals surface area contributed by atoms with E-state index < -0.39 is 4.83 Å². The van der Waals surface area contributed by atoms with Crippen molar-refractivity contribution in [2.45, 2.75) is 31.0 Å². The minimum absolute atomic E-state index is 0.210. The van der Waals surface area contributed by atoms with E-state index in [1.807, 2.05) is 12.1 Å². The van der Waals surface area contributed by atoms with Crippen LogP contribution in [0.15, 0.2) is 48.5 Å². The minimum atomic E-state index is -0.505. The van der Waals surface area contributed by atoms with Crippen molar-refractivity contribution in [3.63, 3.8) is 0 Å². The molecule has 0 fully saturated rings. The van der Waals surface area contributed by atoms with E-state index in [1.165, 1.54) is 6.07 Å². The molecule has 3 nitrogen and oxygen atoms in total. The molecule has 0 bridgehead atoms. The number of hydrogen-bond donors (Lipinski definition) is 1. The second kappa shape index (κ2) is 9.42. The molecule has 2 aromatic rings. The molecule has 0 radical (unpaired) electrons. The first-order valence-corrected chi connectivity index (χ1v) is 8.93. The van der Waals surface area contributed by atoms with E-state index in [2.05, 4.69) is 28.2 Å². The standard InChI is InChI=1S/C19H21BrFNO2/c1-2-3-12-24-16-10-8-15(9-11-16)22-19(23)17(20)13-14-6-4-5-7-18(14)21/h4-11,17H,2-3,12-13H2,1H3,(H,22,23). The molecule has 0 saturated carbocycles. The number of rotatable bonds is 8. The summed E-state index contributed by atoms with van der Waals surface area (Å²) in [5.74, 6) is 0.268. The Kier molecular flexibility index (Phi) is 7.25. The second-order valence-corrected chi connectivity index (χ2v) is 6.58. The monoisotopic (exact) mass is 393 g/mol. The van der Waals surface area contributed by atoms with Gasteiger partial charge in [0, 0.05) is 5.69 Å². The van der Waals surface area contributed by atoms with Crippen LogP contribution in [0.5, 0.6) is 5.75 Å². The molecule has 0 aliphatic heterocycles. The van der Waals surface area contributed by atoms with Gasteiger partial charge in [-0.05, 0) is 48.7 Å². The quantitative estimate of drug-likeness (QED) is 0.508. The third-order valence-electron chi connectivity index (χ3n) is 3.53. The van der Waals surface area contributed by atoms with Gasteiger partial charge in [0.05, 0.1) is 11.4 Å². The van der Waals surface area contributed by atoms with E-state index in [0.29, 0.717) is 17.9 Å². The molecule has 0 saturated heterocycles. The average molecular weight is 394 g/mol. The van der Waals surface area contributed by atoms with E-state index in [1.54, 1.807) is 30.3 Å². The Morgan fingerprint density at radius 2 is 1.92 bits per heavy atom. The maximum Gasteiger partial charge on any atom is 0.238 e. The molecule has 0 heterocycles. The molecule has 0 aliphatic carbocycles. The van der Waals surface area contributed by atoms with Gasteiger partial charge in [-0.3, -0.25) is 4.79 Å². The topological polar surface area (TPSA) is 38.3 Å². The van der Waals surface area contributed by atoms with Crippen LogP contribution in [0.25, 0.3) is 0 Å². The first-order valence-electron chi connectivity index (χ1n) is 8.01. The Hall–Kier alpha value is -1.88. The van der Waals surface area contributed by atoms with Gasteiger partial charge in [0.25, 0.3) is 0 Å². The summed E-state index contributed by atoms with van der Waals surface area (Å²) in [5.41, 5.74) is 1.19. The highest BCUT2D eigenvalue weighted by atomic mass is 79.9. The Balaban J connectivity index is 1.88. The van der Waals surface area contributed by atoms with Crippen LogP contribution in [-0.2, 0) is 11.2 Å². The van der Waals surface area contributed by atoms with Crippen LogP contribution in [0.4, 0.5) is 10.1 Å². The lowest BCUT2D eigenvalue weighted by Gasteiger charge is -2.12. The molecule has 2 rings (SSSR count). The number of nitrogens with one attached hydrogen (secondary N) is 1. The summed E-state index contributed by atoms with van der Waals surface area (Å²) in [4.78, 5) is 11.7. The highest BCUT2D eigenvalue weighted by Gasteiger charge is 2.17. The zero-order valence-electron chi connectivity index (χ0n) is 13.6. The van der Waals surface area contributed by atoms with E-state index in [-0.39, 0.29) is 18.1 Å². The van der Waals surface area contributed by atoms with Gasteiger partial charge in [0.1, 0.15) is 11.6 Å². The van der Waals surface area contributed by atoms with E-state index in [4.69, 9.17) is 4.74 Å². The normalized spacial score (nSPS) is 11.8. The number of alkyl halides is 1. The lowest BCUT2D eigenvalue weighted by atomic mass is 10.1. The number of carbonyl (C=O) groups excluding carboxylic acids is 1. The highest BCUT2D eigenvalue weighted by Crippen LogP contribution is 2.19. The number of benzene rings is 2. The fourth-order valence-corrected chi connectivity index (χ4v) is 2.60. The van der Waals surface area contributed by atoms with Crippen LogP contribution in [0.3, 0.4) is 0 Å². The Morgan fingerprint density at radius 3 is 2.58 bits per heavy atom. The number of unbranched alkanes of at least 4 members (excludes halogenated alkanes) is 1. The molecule has 5 heteroatoms. The third-order valence-corrected chi connectivity index (χ3v) is 4.27. The van der Waals surface area contributed by atoms with Crippen LogP contribution >= 0.6 is 15.9 Å². The van der Waals surface area contributed by atoms with Crippen molar-refractivity contribution in [3.8, 4) is 5.75 Å². The maximum absolute atomic E-state index is 13.6. The van der Waals surface area contributed by atoms with Crippen molar-refractivity contribution in [2.75, 3.05) is 11.9 Å². The lowest BCUT2D eigenvalue weighted by Crippen LogP contribution is -2.25. The fourth-order valence-electron chi connectivity index (χ4n) is 2.14. The van der Waals surface area contributed by atoms with E-state index in [0.717, 1.165) is 18.6 Å². The second-order valence-electron chi connectivity index (χ2n) is 5.48. The maximum atomic E-state index is 13.6. The van der Waals surface area contributed by atoms with Gasteiger partial charge in [0.2, 0.25) is 5.91 Å². The van der Waals surface area contributed by atoms with Gasteiger partial charge >= 0.3 is 0 Å². The molecule has 1 atom stereocenters. The molecule has 0 spiro atoms. The summed E-state index contributed by atoms with van der Waals surface area (Å²) < 4.78 is 19.2. The number of hydrogen-bond acceptors (Lipinski definition) is 2. The summed E-state index contributed by atoms with van der Waals surface area (Å²) in [6, 6.07) is 13.7. The van der Waals surface area contributed by atoms with E-state index >= 15 is 0 Å². The number of amides is 1. The van der Waals surface area contributed by atoms with Crippen LogP contribution < -0.4 is 10.1 Å². The molecule has 0 aliphatic rings. The number of ether oxygens (including phenoxy) is 1. The molecule has 1 unspecified atom stereocenters. The summed E-state index contributed by atoms with van der Waals surface area (Å²) in [6.45, 7) is 2.80. The third kappa shape index (κ3) is 5.64. The molecule has 0 aromatic heterocycles. The van der Waals surface area contributed by atoms with Gasteiger partial charge < -0.3 is 10.1 Å². The predicted octanol–water partition coefficient (Wildman–Crippen LogP) is 4.95. The first kappa shape index (κ1) is 18.5. The van der Waals surface area contributed by atoms with Gasteiger partial charge in [-0.2, -0.15) is 0 Å². The van der Waals surface area contributed by atoms with E-state index in [9.17, 15) is 9.18 Å². The average Bonchev–Trinajstić information content (AvgIpc) is 2.58. The summed E-state index contributed by atoms with van der Waals surface area (Å²) >= 11 is 3.32. The van der Waals surface area contributed by atoms with Gasteiger partial charge in [-0.1, -0.05) is 47.5 Å². The largest absolute Gasteiger partial charge is 0.494 e. The molecule has 2 aromatic carbocycles. The van der Waals surface area contributed by atoms with Crippen molar-refractivity contribution in [2.24, 2.45) is 0 Å². The zero-order chi connectivity index (χ0) is 17.4. The van der Waals surface area contributed by atoms with Crippen LogP contribution in [-0.4, -0.2) is 17.3 Å². The Labute approximate surface area is 150 Å². The van der Waals surface area contributed by atoms with Crippen molar-refractivity contribution >= 4 is 27.5 Å². The van der Waals surface area contributed by atoms with Gasteiger partial charge in [-0.15, -0.1) is 0 Å². The van der Waals surface area contributed by atoms with Gasteiger partial charge in [0.15, 0.2) is 0 Å². The molecular weight excluding hydrogens is 373 g/mol. The molecular formula is C19H21BrFNO2. The van der Waals surface area contributed by atoms with Crippen molar-refractivity contribution in [3.05, 3.63) is 59.9 Å². The molecule has 1 amide bonds. The van der Waals surface area contributed by atoms with Crippen molar-refractivity contribution in [1.29, 1.82) is 0 Å². The van der Waals surface area contributed by atoms with Crippen LogP contribution in [0.2, 0.25) is 0 Å². The predicted molar refractivity (Wildman–Crippen MR) is 98.3 cm³/mol. The Morgan fingerprint density at radius 1 is 1.21 bits per heavy atom. The fraction of sp³-hybridized carbons (Fsp3) is 0.316. The number of anilines is 1. The molecule has 128 valence electrons. The van der Waals surface area contributed by atoms with Crippen molar-refractivity contribution < 1.29 is 13.9 Å². The minimum Gasteiger partial charge on any atom is -0.494 e. The number of carbonyl (C=O) groups is 1. The smallest absolute Gasteiger partial charge is 0.238 e. The SMILES string of the molecule is CCCCOc1ccc(NC(=O)C(Br)Cc2ccccc2F)cc1. The zero-order valence-corrected chi connectivity index (χ0v) is 15.2. The highest BCUT2D eigenvalue weighted by molar-refractivity contribution is 9.10. The van der Waals surface area contributed by atoms with Crippen LogP contribution in [0.1, 0.15) is 25.3 Å². The first-order chi connectivity index (χ1) is 11.6. The molecule has 24 heavy (non-hydrogen) atoms. The van der Waals surface area contributed by atoms with Crippen molar-refractivity contribution in [1.82, 2.24) is 0 Å². The molecule has 1 N–H and O–H groups in total. The lowest BCUT2D eigenvalue weighted by molar-refractivity contribution is -0.115. The number of halogens is 2.